The van der Waals surface area contributed by atoms with Crippen molar-refractivity contribution in [3.8, 4) is 22.8 Å². The Morgan fingerprint density at radius 2 is 1.82 bits per heavy atom. The van der Waals surface area contributed by atoms with Gasteiger partial charge in [0.05, 0.1) is 24.7 Å². The lowest BCUT2D eigenvalue weighted by atomic mass is 10.2. The number of rotatable bonds is 6. The number of nitrogens with zero attached hydrogens (tertiary/aromatic N) is 4. The number of carbonyl (C=O) groups is 1. The van der Waals surface area contributed by atoms with Crippen molar-refractivity contribution in [1.82, 2.24) is 30.0 Å². The molecule has 1 amide bonds. The molecule has 2 N–H and O–H groups in total. The first-order chi connectivity index (χ1) is 16.1. The topological polar surface area (TPSA) is 97.7 Å². The van der Waals surface area contributed by atoms with Crippen molar-refractivity contribution < 1.29 is 9.53 Å². The zero-order chi connectivity index (χ0) is 22.8. The number of amides is 1. The molecule has 0 radical (unpaired) electrons. The fourth-order valence-electron chi connectivity index (χ4n) is 3.75. The van der Waals surface area contributed by atoms with Gasteiger partial charge in [0.2, 0.25) is 0 Å². The summed E-state index contributed by atoms with van der Waals surface area (Å²) in [5, 5.41) is 10.00. The number of fused-ring (bicyclic) bond motifs is 1. The molecule has 3 aromatic carbocycles. The number of ether oxygens (including phenoxy) is 1. The minimum Gasteiger partial charge on any atom is -0.497 e. The number of aromatic amines is 1. The predicted molar refractivity (Wildman–Crippen MR) is 125 cm³/mol. The minimum absolute atomic E-state index is 0.203. The Morgan fingerprint density at radius 1 is 1.03 bits per heavy atom. The number of methoxy groups -OCH3 is 1. The molecular formula is C25H22N6O2. The van der Waals surface area contributed by atoms with Crippen LogP contribution in [0.2, 0.25) is 0 Å². The molecule has 8 nitrogen and oxygen atoms in total. The van der Waals surface area contributed by atoms with E-state index >= 15 is 0 Å². The lowest BCUT2D eigenvalue weighted by molar-refractivity contribution is 0.0950. The third-order valence-corrected chi connectivity index (χ3v) is 5.40. The highest BCUT2D eigenvalue weighted by Gasteiger charge is 2.13. The van der Waals surface area contributed by atoms with E-state index in [4.69, 9.17) is 4.74 Å². The average Bonchev–Trinajstić information content (AvgIpc) is 3.46. The van der Waals surface area contributed by atoms with E-state index in [-0.39, 0.29) is 12.5 Å². The van der Waals surface area contributed by atoms with Gasteiger partial charge in [0.15, 0.2) is 5.82 Å². The molecule has 8 heteroatoms. The van der Waals surface area contributed by atoms with Crippen molar-refractivity contribution in [3.63, 3.8) is 0 Å². The molecule has 0 bridgehead atoms. The molecule has 0 atom stereocenters. The van der Waals surface area contributed by atoms with Crippen LogP contribution in [0.25, 0.3) is 28.1 Å². The van der Waals surface area contributed by atoms with Gasteiger partial charge >= 0.3 is 0 Å². The highest BCUT2D eigenvalue weighted by molar-refractivity contribution is 5.97. The Labute approximate surface area is 190 Å². The molecule has 0 saturated heterocycles. The number of benzene rings is 3. The Morgan fingerprint density at radius 3 is 2.58 bits per heavy atom. The van der Waals surface area contributed by atoms with Gasteiger partial charge in [-0.2, -0.15) is 5.10 Å². The van der Waals surface area contributed by atoms with Crippen LogP contribution in [0.3, 0.4) is 0 Å². The van der Waals surface area contributed by atoms with Crippen LogP contribution in [0, 0.1) is 6.92 Å². The summed E-state index contributed by atoms with van der Waals surface area (Å²) < 4.78 is 7.25. The van der Waals surface area contributed by atoms with Gasteiger partial charge in [-0.15, -0.1) is 0 Å². The van der Waals surface area contributed by atoms with Crippen LogP contribution in [0.1, 0.15) is 22.0 Å². The lowest BCUT2D eigenvalue weighted by Crippen LogP contribution is -2.23. The molecular weight excluding hydrogens is 416 g/mol. The van der Waals surface area contributed by atoms with Gasteiger partial charge in [-0.1, -0.05) is 18.2 Å². The third kappa shape index (κ3) is 4.06. The quantitative estimate of drug-likeness (QED) is 0.417. The summed E-state index contributed by atoms with van der Waals surface area (Å²) in [6.07, 6.45) is 0. The van der Waals surface area contributed by atoms with Crippen LogP contribution in [0.5, 0.6) is 5.75 Å². The van der Waals surface area contributed by atoms with Crippen molar-refractivity contribution in [3.05, 3.63) is 90.0 Å². The second-order valence-corrected chi connectivity index (χ2v) is 7.55. The molecule has 0 spiro atoms. The van der Waals surface area contributed by atoms with Crippen LogP contribution in [0.15, 0.2) is 72.8 Å². The van der Waals surface area contributed by atoms with Crippen molar-refractivity contribution >= 4 is 16.9 Å². The van der Waals surface area contributed by atoms with Gasteiger partial charge in [-0.3, -0.25) is 14.5 Å². The molecule has 0 fully saturated rings. The van der Waals surface area contributed by atoms with E-state index in [1.54, 1.807) is 19.2 Å². The number of hydrogen-bond acceptors (Lipinski definition) is 5. The second kappa shape index (κ2) is 8.58. The standard InChI is InChI=1S/C25H22N6O2/c1-16-27-21-14-18(10-13-22(21)31(16)19-6-4-3-5-7-19)25(32)26-15-23-28-24(30-29-23)17-8-11-20(33-2)12-9-17/h3-14H,15H2,1-2H3,(H,26,32)(H,28,29,30). The molecule has 0 aliphatic rings. The lowest BCUT2D eigenvalue weighted by Gasteiger charge is -2.07. The molecule has 0 aliphatic carbocycles. The Bertz CT molecular complexity index is 1420. The summed E-state index contributed by atoms with van der Waals surface area (Å²) in [4.78, 5) is 21.9. The van der Waals surface area contributed by atoms with Crippen molar-refractivity contribution in [1.29, 1.82) is 0 Å². The van der Waals surface area contributed by atoms with Gasteiger partial charge in [0.1, 0.15) is 17.4 Å². The Hall–Kier alpha value is -4.46. The maximum Gasteiger partial charge on any atom is 0.251 e. The van der Waals surface area contributed by atoms with Crippen LogP contribution in [-0.2, 0) is 6.54 Å². The number of imidazole rings is 1. The number of nitrogens with one attached hydrogen (secondary N) is 2. The first kappa shape index (κ1) is 20.4. The van der Waals surface area contributed by atoms with Gasteiger partial charge in [0.25, 0.3) is 5.91 Å². The normalized spacial score (nSPS) is 11.0. The molecule has 33 heavy (non-hydrogen) atoms. The SMILES string of the molecule is COc1ccc(-c2n[nH]c(CNC(=O)c3ccc4c(c3)nc(C)n4-c3ccccc3)n2)cc1. The number of H-pyrrole nitrogens is 1. The van der Waals surface area contributed by atoms with Gasteiger partial charge in [-0.25, -0.2) is 9.97 Å². The highest BCUT2D eigenvalue weighted by Crippen LogP contribution is 2.22. The maximum absolute atomic E-state index is 12.7. The molecule has 164 valence electrons. The monoisotopic (exact) mass is 438 g/mol. The number of carbonyl (C=O) groups excluding carboxylic acids is 1. The summed E-state index contributed by atoms with van der Waals surface area (Å²) in [7, 11) is 1.62. The van der Waals surface area contributed by atoms with Crippen LogP contribution < -0.4 is 10.1 Å². The third-order valence-electron chi connectivity index (χ3n) is 5.40. The molecule has 5 rings (SSSR count). The summed E-state index contributed by atoms with van der Waals surface area (Å²) in [6.45, 7) is 2.19. The Balaban J connectivity index is 1.30. The highest BCUT2D eigenvalue weighted by atomic mass is 16.5. The zero-order valence-corrected chi connectivity index (χ0v) is 18.2. The number of aryl methyl sites for hydroxylation is 1. The Kier molecular flexibility index (Phi) is 5.32. The van der Waals surface area contributed by atoms with E-state index in [0.717, 1.165) is 33.9 Å². The van der Waals surface area contributed by atoms with E-state index in [2.05, 4.69) is 30.0 Å². The average molecular weight is 438 g/mol. The van der Waals surface area contributed by atoms with Gasteiger partial charge in [-0.05, 0) is 61.5 Å². The summed E-state index contributed by atoms with van der Waals surface area (Å²) >= 11 is 0. The largest absolute Gasteiger partial charge is 0.497 e. The van der Waals surface area contributed by atoms with E-state index in [0.29, 0.717) is 17.2 Å². The summed E-state index contributed by atoms with van der Waals surface area (Å²) in [6, 6.07) is 23.0. The molecule has 2 heterocycles. The molecule has 0 unspecified atom stereocenters. The van der Waals surface area contributed by atoms with Crippen LogP contribution in [0.4, 0.5) is 0 Å². The summed E-state index contributed by atoms with van der Waals surface area (Å²) in [5.41, 5.74) is 4.15. The van der Waals surface area contributed by atoms with Crippen LogP contribution >= 0.6 is 0 Å². The predicted octanol–water partition coefficient (Wildman–Crippen LogP) is 4.06. The van der Waals surface area contributed by atoms with E-state index in [1.165, 1.54) is 0 Å². The van der Waals surface area contributed by atoms with E-state index in [1.807, 2.05) is 67.6 Å². The minimum atomic E-state index is -0.203. The summed E-state index contributed by atoms with van der Waals surface area (Å²) in [5.74, 6) is 2.56. The van der Waals surface area contributed by atoms with E-state index < -0.39 is 0 Å². The van der Waals surface area contributed by atoms with Crippen LogP contribution in [-0.4, -0.2) is 37.7 Å². The molecule has 5 aromatic rings. The molecule has 2 aromatic heterocycles. The van der Waals surface area contributed by atoms with Crippen molar-refractivity contribution in [2.24, 2.45) is 0 Å². The molecule has 0 aliphatic heterocycles. The van der Waals surface area contributed by atoms with Gasteiger partial charge in [0, 0.05) is 16.8 Å². The second-order valence-electron chi connectivity index (χ2n) is 7.55. The first-order valence-corrected chi connectivity index (χ1v) is 10.5. The number of aromatic nitrogens is 5. The van der Waals surface area contributed by atoms with Crippen molar-refractivity contribution in [2.75, 3.05) is 7.11 Å². The fraction of sp³-hybridized carbons (Fsp3) is 0.120. The zero-order valence-electron chi connectivity index (χ0n) is 18.2. The van der Waals surface area contributed by atoms with E-state index in [9.17, 15) is 4.79 Å². The molecule has 0 saturated carbocycles. The van der Waals surface area contributed by atoms with Crippen molar-refractivity contribution in [2.45, 2.75) is 13.5 Å². The fourth-order valence-corrected chi connectivity index (χ4v) is 3.75. The maximum atomic E-state index is 12.7. The first-order valence-electron chi connectivity index (χ1n) is 10.5. The number of para-hydroxylation sites is 1. The number of hydrogen-bond donors (Lipinski definition) is 2. The smallest absolute Gasteiger partial charge is 0.251 e. The van der Waals surface area contributed by atoms with Gasteiger partial charge < -0.3 is 10.1 Å².